The van der Waals surface area contributed by atoms with Gasteiger partial charge in [0.2, 0.25) is 0 Å². The maximum atomic E-state index is 12.8. The number of hydrogen-bond donors (Lipinski definition) is 0. The molecule has 0 aromatic heterocycles. The van der Waals surface area contributed by atoms with Crippen LogP contribution < -0.4 is 0 Å². The van der Waals surface area contributed by atoms with Crippen molar-refractivity contribution in [1.29, 1.82) is 0 Å². The molecule has 0 amide bonds. The Balaban J connectivity index is 2.94. The standard InChI is InChI=1S/C20H31O3P/c1-4-7-8-9-10-12-17-20(19-15-13-11-14-16-19)18-24(21,22-5-2)23-6-3/h11-18H,4-10H2,1-3H3/b17-12+,20-18-. The quantitative estimate of drug-likeness (QED) is 0.236. The second kappa shape index (κ2) is 12.2. The molecule has 0 aliphatic rings. The largest absolute Gasteiger partial charge is 0.354 e. The average molecular weight is 350 g/mol. The Hall–Kier alpha value is -1.15. The maximum Gasteiger partial charge on any atom is 0.354 e. The fourth-order valence-corrected chi connectivity index (χ4v) is 3.90. The molecule has 1 aromatic rings. The van der Waals surface area contributed by atoms with E-state index < -0.39 is 7.60 Å². The van der Waals surface area contributed by atoms with Crippen molar-refractivity contribution in [3.05, 3.63) is 53.9 Å². The molecule has 24 heavy (non-hydrogen) atoms. The third kappa shape index (κ3) is 8.10. The second-order valence-corrected chi connectivity index (χ2v) is 7.43. The Kier molecular flexibility index (Phi) is 10.7. The highest BCUT2D eigenvalue weighted by Gasteiger charge is 2.21. The number of benzene rings is 1. The molecule has 0 aliphatic carbocycles. The van der Waals surface area contributed by atoms with E-state index in [0.29, 0.717) is 13.2 Å². The summed E-state index contributed by atoms with van der Waals surface area (Å²) in [5.41, 5.74) is 1.90. The molecule has 0 spiro atoms. The van der Waals surface area contributed by atoms with Gasteiger partial charge in [-0.05, 0) is 37.8 Å². The first-order valence-corrected chi connectivity index (χ1v) is 10.6. The minimum absolute atomic E-state index is 0.358. The zero-order valence-corrected chi connectivity index (χ0v) is 16.1. The van der Waals surface area contributed by atoms with Crippen LogP contribution in [0.15, 0.2) is 48.3 Å². The molecule has 0 bridgehead atoms. The molecule has 0 aliphatic heterocycles. The molecule has 0 fully saturated rings. The molecule has 0 saturated carbocycles. The summed E-state index contributed by atoms with van der Waals surface area (Å²) in [5.74, 6) is 1.65. The Morgan fingerprint density at radius 1 is 1.00 bits per heavy atom. The Labute approximate surface area is 147 Å². The lowest BCUT2D eigenvalue weighted by Crippen LogP contribution is -1.94. The summed E-state index contributed by atoms with van der Waals surface area (Å²) in [5, 5.41) is 0. The van der Waals surface area contributed by atoms with E-state index in [1.807, 2.05) is 50.3 Å². The molecule has 0 N–H and O–H groups in total. The minimum Gasteiger partial charge on any atom is -0.306 e. The molecule has 1 aromatic carbocycles. The lowest BCUT2D eigenvalue weighted by atomic mass is 10.1. The van der Waals surface area contributed by atoms with Gasteiger partial charge in [0.15, 0.2) is 0 Å². The van der Waals surface area contributed by atoms with Crippen LogP contribution in [0.25, 0.3) is 5.57 Å². The average Bonchev–Trinajstić information content (AvgIpc) is 2.58. The molecule has 0 atom stereocenters. The highest BCUT2D eigenvalue weighted by Crippen LogP contribution is 2.51. The molecule has 4 heteroatoms. The van der Waals surface area contributed by atoms with E-state index in [9.17, 15) is 4.57 Å². The molecule has 3 nitrogen and oxygen atoms in total. The Bertz CT molecular complexity index is 539. The van der Waals surface area contributed by atoms with Crippen molar-refractivity contribution in [1.82, 2.24) is 0 Å². The predicted molar refractivity (Wildman–Crippen MR) is 103 cm³/mol. The van der Waals surface area contributed by atoms with E-state index in [-0.39, 0.29) is 0 Å². The smallest absolute Gasteiger partial charge is 0.306 e. The molecular weight excluding hydrogens is 319 g/mol. The monoisotopic (exact) mass is 350 g/mol. The van der Waals surface area contributed by atoms with E-state index in [4.69, 9.17) is 9.05 Å². The van der Waals surface area contributed by atoms with E-state index in [1.165, 1.54) is 25.7 Å². The van der Waals surface area contributed by atoms with E-state index in [1.54, 1.807) is 5.82 Å². The fourth-order valence-electron chi connectivity index (χ4n) is 2.39. The molecule has 0 saturated heterocycles. The molecule has 134 valence electrons. The number of unbranched alkanes of at least 4 members (excludes halogenated alkanes) is 4. The van der Waals surface area contributed by atoms with Gasteiger partial charge in [-0.1, -0.05) is 68.7 Å². The van der Waals surface area contributed by atoms with Crippen LogP contribution in [0.1, 0.15) is 58.4 Å². The van der Waals surface area contributed by atoms with Crippen molar-refractivity contribution in [2.24, 2.45) is 0 Å². The molecule has 1 rings (SSSR count). The number of rotatable bonds is 12. The van der Waals surface area contributed by atoms with Gasteiger partial charge in [-0.15, -0.1) is 0 Å². The van der Waals surface area contributed by atoms with Crippen LogP contribution >= 0.6 is 7.60 Å². The minimum atomic E-state index is -3.22. The van der Waals surface area contributed by atoms with Crippen LogP contribution in [0.5, 0.6) is 0 Å². The number of allylic oxidation sites excluding steroid dienone is 3. The lowest BCUT2D eigenvalue weighted by molar-refractivity contribution is 0.229. The molecular formula is C20H31O3P. The zero-order valence-electron chi connectivity index (χ0n) is 15.2. The summed E-state index contributed by atoms with van der Waals surface area (Å²) in [6, 6.07) is 9.94. The zero-order chi connectivity index (χ0) is 17.7. The van der Waals surface area contributed by atoms with Crippen LogP contribution in [0, 0.1) is 0 Å². The van der Waals surface area contributed by atoms with Crippen molar-refractivity contribution in [3.63, 3.8) is 0 Å². The van der Waals surface area contributed by atoms with Gasteiger partial charge in [-0.2, -0.15) is 0 Å². The molecule has 0 unspecified atom stereocenters. The van der Waals surface area contributed by atoms with Gasteiger partial charge in [-0.3, -0.25) is 4.57 Å². The van der Waals surface area contributed by atoms with Crippen molar-refractivity contribution in [2.75, 3.05) is 13.2 Å². The first kappa shape index (κ1) is 20.9. The summed E-state index contributed by atoms with van der Waals surface area (Å²) in [7, 11) is -3.22. The van der Waals surface area contributed by atoms with Gasteiger partial charge >= 0.3 is 7.60 Å². The first-order valence-electron chi connectivity index (χ1n) is 8.98. The molecule has 0 heterocycles. The van der Waals surface area contributed by atoms with E-state index in [2.05, 4.69) is 13.0 Å². The van der Waals surface area contributed by atoms with Crippen LogP contribution in [-0.2, 0) is 13.6 Å². The Morgan fingerprint density at radius 2 is 1.67 bits per heavy atom. The highest BCUT2D eigenvalue weighted by atomic mass is 31.2. The van der Waals surface area contributed by atoms with Gasteiger partial charge in [0, 0.05) is 5.82 Å². The first-order chi connectivity index (χ1) is 11.6. The maximum absolute atomic E-state index is 12.8. The summed E-state index contributed by atoms with van der Waals surface area (Å²) in [6.07, 6.45) is 10.2. The SMILES string of the molecule is CCCCCC/C=C/C(=C/P(=O)(OCC)OCC)c1ccccc1. The van der Waals surface area contributed by atoms with Gasteiger partial charge in [-0.25, -0.2) is 0 Å². The van der Waals surface area contributed by atoms with Gasteiger partial charge in [0.05, 0.1) is 13.2 Å². The van der Waals surface area contributed by atoms with Crippen molar-refractivity contribution >= 4 is 13.2 Å². The van der Waals surface area contributed by atoms with Crippen LogP contribution in [0.2, 0.25) is 0 Å². The number of hydrogen-bond acceptors (Lipinski definition) is 3. The predicted octanol–water partition coefficient (Wildman–Crippen LogP) is 6.82. The van der Waals surface area contributed by atoms with Crippen molar-refractivity contribution in [3.8, 4) is 0 Å². The second-order valence-electron chi connectivity index (χ2n) is 5.58. The summed E-state index contributed by atoms with van der Waals surface area (Å²) < 4.78 is 23.6. The van der Waals surface area contributed by atoms with Gasteiger partial charge < -0.3 is 9.05 Å². The van der Waals surface area contributed by atoms with Crippen LogP contribution in [0.3, 0.4) is 0 Å². The summed E-state index contributed by atoms with van der Waals surface area (Å²) in [6.45, 7) is 6.58. The highest BCUT2D eigenvalue weighted by molar-refractivity contribution is 7.57. The third-order valence-electron chi connectivity index (χ3n) is 3.54. The van der Waals surface area contributed by atoms with Crippen LogP contribution in [0.4, 0.5) is 0 Å². The lowest BCUT2D eigenvalue weighted by Gasteiger charge is -2.14. The van der Waals surface area contributed by atoms with E-state index in [0.717, 1.165) is 17.6 Å². The van der Waals surface area contributed by atoms with Gasteiger partial charge in [0.25, 0.3) is 0 Å². The van der Waals surface area contributed by atoms with Crippen molar-refractivity contribution < 1.29 is 13.6 Å². The summed E-state index contributed by atoms with van der Waals surface area (Å²) >= 11 is 0. The van der Waals surface area contributed by atoms with Crippen molar-refractivity contribution in [2.45, 2.75) is 52.9 Å². The topological polar surface area (TPSA) is 35.5 Å². The molecule has 0 radical (unpaired) electrons. The normalized spacial score (nSPS) is 12.9. The van der Waals surface area contributed by atoms with Crippen LogP contribution in [-0.4, -0.2) is 13.2 Å². The van der Waals surface area contributed by atoms with E-state index >= 15 is 0 Å². The summed E-state index contributed by atoms with van der Waals surface area (Å²) in [4.78, 5) is 0. The fraction of sp³-hybridized carbons (Fsp3) is 0.500. The third-order valence-corrected chi connectivity index (χ3v) is 5.37. The Morgan fingerprint density at radius 3 is 2.25 bits per heavy atom. The van der Waals surface area contributed by atoms with Gasteiger partial charge in [0.1, 0.15) is 0 Å².